The van der Waals surface area contributed by atoms with E-state index in [0.29, 0.717) is 27.7 Å². The highest BCUT2D eigenvalue weighted by molar-refractivity contribution is 7.92. The molecule has 7 nitrogen and oxygen atoms in total. The lowest BCUT2D eigenvalue weighted by Crippen LogP contribution is -2.48. The molecule has 2 aromatic carbocycles. The molecule has 0 saturated heterocycles. The van der Waals surface area contributed by atoms with E-state index in [0.717, 1.165) is 11.8 Å². The van der Waals surface area contributed by atoms with E-state index in [1.54, 1.807) is 37.3 Å². The first-order valence-corrected chi connectivity index (χ1v) is 13.6. The van der Waals surface area contributed by atoms with Crippen LogP contribution in [0.2, 0.25) is 10.0 Å². The van der Waals surface area contributed by atoms with Crippen LogP contribution in [-0.2, 0) is 26.2 Å². The van der Waals surface area contributed by atoms with Crippen molar-refractivity contribution in [3.05, 3.63) is 63.6 Å². The van der Waals surface area contributed by atoms with E-state index in [1.165, 1.54) is 16.3 Å². The molecule has 0 unspecified atom stereocenters. The van der Waals surface area contributed by atoms with Crippen LogP contribution in [0.1, 0.15) is 37.3 Å². The Morgan fingerprint density at radius 3 is 2.29 bits per heavy atom. The minimum Gasteiger partial charge on any atom is -0.357 e. The zero-order valence-corrected chi connectivity index (χ0v) is 22.2. The van der Waals surface area contributed by atoms with E-state index >= 15 is 0 Å². The monoisotopic (exact) mass is 527 g/mol. The molecule has 0 radical (unpaired) electrons. The van der Waals surface area contributed by atoms with Crippen LogP contribution < -0.4 is 9.62 Å². The van der Waals surface area contributed by atoms with Crippen molar-refractivity contribution in [3.8, 4) is 0 Å². The average molecular weight is 529 g/mol. The summed E-state index contributed by atoms with van der Waals surface area (Å²) in [6.07, 6.45) is 1.87. The van der Waals surface area contributed by atoms with Crippen molar-refractivity contribution >= 4 is 50.7 Å². The van der Waals surface area contributed by atoms with Crippen LogP contribution in [-0.4, -0.2) is 51.0 Å². The molecule has 0 saturated carbocycles. The van der Waals surface area contributed by atoms with Gasteiger partial charge in [-0.2, -0.15) is 0 Å². The van der Waals surface area contributed by atoms with Gasteiger partial charge < -0.3 is 10.2 Å². The minimum atomic E-state index is -3.60. The van der Waals surface area contributed by atoms with Crippen molar-refractivity contribution in [1.29, 1.82) is 0 Å². The molecule has 0 aliphatic heterocycles. The Hall–Kier alpha value is -2.29. The molecule has 1 N–H and O–H groups in total. The van der Waals surface area contributed by atoms with Gasteiger partial charge in [0.1, 0.15) is 6.04 Å². The number of halogens is 2. The van der Waals surface area contributed by atoms with E-state index in [-0.39, 0.29) is 37.7 Å². The van der Waals surface area contributed by atoms with Gasteiger partial charge in [0.25, 0.3) is 0 Å². The maximum atomic E-state index is 13.3. The highest BCUT2D eigenvalue weighted by atomic mass is 35.5. The molecular formula is C24H31Cl2N3O4S. The molecule has 0 bridgehead atoms. The smallest absolute Gasteiger partial charge is 0.242 e. The number of nitrogens with zero attached hydrogens (tertiary/aromatic N) is 2. The summed E-state index contributed by atoms with van der Waals surface area (Å²) in [5.41, 5.74) is 1.85. The maximum absolute atomic E-state index is 13.3. The molecule has 0 aliphatic rings. The van der Waals surface area contributed by atoms with Crippen LogP contribution in [0.4, 0.5) is 5.69 Å². The molecule has 2 aromatic rings. The SMILES string of the molecule is CC[C@@H](C(=O)NC)N(Cc1ccccc1Cl)C(=O)CCCN(c1cccc(Cl)c1C)S(C)(=O)=O. The van der Waals surface area contributed by atoms with Crippen LogP contribution in [0, 0.1) is 6.92 Å². The van der Waals surface area contributed by atoms with Crippen molar-refractivity contribution < 1.29 is 18.0 Å². The van der Waals surface area contributed by atoms with Crippen molar-refractivity contribution in [2.45, 2.75) is 45.7 Å². The summed E-state index contributed by atoms with van der Waals surface area (Å²) in [6.45, 7) is 3.86. The van der Waals surface area contributed by atoms with Crippen LogP contribution in [0.5, 0.6) is 0 Å². The second-order valence-electron chi connectivity index (χ2n) is 7.97. The topological polar surface area (TPSA) is 86.8 Å². The Bertz CT molecular complexity index is 1120. The maximum Gasteiger partial charge on any atom is 0.242 e. The fourth-order valence-electron chi connectivity index (χ4n) is 3.74. The summed E-state index contributed by atoms with van der Waals surface area (Å²) in [7, 11) is -2.07. The molecule has 2 amide bonds. The van der Waals surface area contributed by atoms with Crippen molar-refractivity contribution in [2.24, 2.45) is 0 Å². The van der Waals surface area contributed by atoms with Gasteiger partial charge in [0.2, 0.25) is 21.8 Å². The lowest BCUT2D eigenvalue weighted by molar-refractivity contribution is -0.141. The van der Waals surface area contributed by atoms with Gasteiger partial charge >= 0.3 is 0 Å². The number of amides is 2. The molecule has 0 heterocycles. The summed E-state index contributed by atoms with van der Waals surface area (Å²) in [5.74, 6) is -0.526. The third-order valence-corrected chi connectivity index (χ3v) is 7.55. The lowest BCUT2D eigenvalue weighted by Gasteiger charge is -2.31. The summed E-state index contributed by atoms with van der Waals surface area (Å²) < 4.78 is 26.2. The second kappa shape index (κ2) is 12.4. The Kier molecular flexibility index (Phi) is 10.2. The number of rotatable bonds is 11. The Morgan fingerprint density at radius 1 is 1.06 bits per heavy atom. The molecule has 0 aromatic heterocycles. The number of sulfonamides is 1. The molecule has 0 aliphatic carbocycles. The van der Waals surface area contributed by atoms with E-state index in [1.807, 2.05) is 19.1 Å². The van der Waals surface area contributed by atoms with E-state index in [4.69, 9.17) is 23.2 Å². The summed E-state index contributed by atoms with van der Waals surface area (Å²) >= 11 is 12.5. The third-order valence-electron chi connectivity index (χ3n) is 5.59. The number of nitrogens with one attached hydrogen (secondary N) is 1. The van der Waals surface area contributed by atoms with E-state index in [2.05, 4.69) is 5.32 Å². The zero-order valence-electron chi connectivity index (χ0n) is 19.8. The van der Waals surface area contributed by atoms with Crippen LogP contribution in [0.15, 0.2) is 42.5 Å². The standard InChI is InChI=1S/C24H31Cl2N3O4S/c1-5-21(24(31)27-3)28(16-18-10-6-7-11-20(18)26)23(30)14-9-15-29(34(4,32)33)22-13-8-12-19(25)17(22)2/h6-8,10-13,21H,5,9,14-16H2,1-4H3,(H,27,31)/t21-/m0/s1. The van der Waals surface area contributed by atoms with E-state index in [9.17, 15) is 18.0 Å². The Morgan fingerprint density at radius 2 is 1.71 bits per heavy atom. The van der Waals surface area contributed by atoms with Crippen LogP contribution in [0.25, 0.3) is 0 Å². The summed E-state index contributed by atoms with van der Waals surface area (Å²) in [6, 6.07) is 11.6. The molecule has 0 spiro atoms. The fraction of sp³-hybridized carbons (Fsp3) is 0.417. The van der Waals surface area contributed by atoms with Crippen molar-refractivity contribution in [2.75, 3.05) is 24.2 Å². The predicted molar refractivity (Wildman–Crippen MR) is 138 cm³/mol. The van der Waals surface area contributed by atoms with Gasteiger partial charge in [0, 0.05) is 36.6 Å². The minimum absolute atomic E-state index is 0.0591. The first-order valence-electron chi connectivity index (χ1n) is 11.0. The number of hydrogen-bond donors (Lipinski definition) is 1. The second-order valence-corrected chi connectivity index (χ2v) is 10.7. The molecular weight excluding hydrogens is 497 g/mol. The summed E-state index contributed by atoms with van der Waals surface area (Å²) in [4.78, 5) is 27.3. The third kappa shape index (κ3) is 7.10. The highest BCUT2D eigenvalue weighted by Crippen LogP contribution is 2.28. The number of carbonyl (C=O) groups excluding carboxylic acids is 2. The lowest BCUT2D eigenvalue weighted by atomic mass is 10.1. The Balaban J connectivity index is 2.24. The first kappa shape index (κ1) is 28.0. The summed E-state index contributed by atoms with van der Waals surface area (Å²) in [5, 5.41) is 3.58. The number of carbonyl (C=O) groups is 2. The number of likely N-dealkylation sites (N-methyl/N-ethyl adjacent to an activating group) is 1. The molecule has 0 fully saturated rings. The first-order chi connectivity index (χ1) is 16.0. The Labute approximate surface area is 212 Å². The molecule has 10 heteroatoms. The van der Waals surface area contributed by atoms with Gasteiger partial charge in [-0.05, 0) is 49.1 Å². The van der Waals surface area contributed by atoms with Gasteiger partial charge in [-0.3, -0.25) is 13.9 Å². The van der Waals surface area contributed by atoms with Gasteiger partial charge in [0.15, 0.2) is 0 Å². The quantitative estimate of drug-likeness (QED) is 0.469. The number of anilines is 1. The van der Waals surface area contributed by atoms with Gasteiger partial charge in [-0.25, -0.2) is 8.42 Å². The van der Waals surface area contributed by atoms with Crippen LogP contribution in [0.3, 0.4) is 0 Å². The molecule has 186 valence electrons. The van der Waals surface area contributed by atoms with Crippen LogP contribution >= 0.6 is 23.2 Å². The molecule has 2 rings (SSSR count). The average Bonchev–Trinajstić information content (AvgIpc) is 2.78. The number of hydrogen-bond acceptors (Lipinski definition) is 4. The predicted octanol–water partition coefficient (Wildman–Crippen LogP) is 4.40. The normalized spacial score (nSPS) is 12.2. The van der Waals surface area contributed by atoms with Gasteiger partial charge in [-0.15, -0.1) is 0 Å². The molecule has 34 heavy (non-hydrogen) atoms. The van der Waals surface area contributed by atoms with Crippen molar-refractivity contribution in [3.63, 3.8) is 0 Å². The van der Waals surface area contributed by atoms with Gasteiger partial charge in [0.05, 0.1) is 11.9 Å². The fourth-order valence-corrected chi connectivity index (χ4v) is 5.13. The molecule has 1 atom stereocenters. The van der Waals surface area contributed by atoms with E-state index < -0.39 is 16.1 Å². The largest absolute Gasteiger partial charge is 0.357 e. The van der Waals surface area contributed by atoms with Crippen molar-refractivity contribution in [1.82, 2.24) is 10.2 Å². The van der Waals surface area contributed by atoms with Gasteiger partial charge in [-0.1, -0.05) is 54.4 Å². The zero-order chi connectivity index (χ0) is 25.5. The number of benzene rings is 2. The highest BCUT2D eigenvalue weighted by Gasteiger charge is 2.29.